The van der Waals surface area contributed by atoms with Gasteiger partial charge in [-0.1, -0.05) is 35.6 Å². The molecule has 6 nitrogen and oxygen atoms in total. The van der Waals surface area contributed by atoms with Gasteiger partial charge in [-0.05, 0) is 42.6 Å². The number of phenolic OH excluding ortho intramolecular Hbond substituents is 1. The highest BCUT2D eigenvalue weighted by Crippen LogP contribution is 2.35. The van der Waals surface area contributed by atoms with E-state index in [1.165, 1.54) is 23.5 Å². The van der Waals surface area contributed by atoms with Gasteiger partial charge >= 0.3 is 0 Å². The minimum Gasteiger partial charge on any atom is -0.508 e. The molecule has 0 atom stereocenters. The number of carbonyl (C=O) groups excluding carboxylic acids is 1. The molecule has 0 fully saturated rings. The first-order valence-corrected chi connectivity index (χ1v) is 9.16. The van der Waals surface area contributed by atoms with Gasteiger partial charge < -0.3 is 10.2 Å². The number of carbonyl (C=O) groups is 1. The highest BCUT2D eigenvalue weighted by Gasteiger charge is 2.17. The van der Waals surface area contributed by atoms with E-state index in [1.54, 1.807) is 24.4 Å². The van der Waals surface area contributed by atoms with Crippen molar-refractivity contribution < 1.29 is 15.0 Å². The van der Waals surface area contributed by atoms with Gasteiger partial charge in [0.2, 0.25) is 5.88 Å². The number of phenols is 1. The van der Waals surface area contributed by atoms with Gasteiger partial charge in [0, 0.05) is 22.9 Å². The number of nitrogens with one attached hydrogen (secondary N) is 1. The Kier molecular flexibility index (Phi) is 4.35. The predicted molar refractivity (Wildman–Crippen MR) is 109 cm³/mol. The molecule has 1 aliphatic rings. The minimum atomic E-state index is -0.498. The Bertz CT molecular complexity index is 1170. The SMILES string of the molecule is O=C(Nn1c(O)c(/C=C2\C=Nc3ccccc32)sc1=S)c1cccc(O)c1. The molecule has 1 aliphatic heterocycles. The second kappa shape index (κ2) is 6.82. The van der Waals surface area contributed by atoms with Crippen LogP contribution in [0.1, 0.15) is 20.8 Å². The highest BCUT2D eigenvalue weighted by molar-refractivity contribution is 7.73. The van der Waals surface area contributed by atoms with E-state index in [-0.39, 0.29) is 21.1 Å². The van der Waals surface area contributed by atoms with Gasteiger partial charge in [0.25, 0.3) is 5.91 Å². The summed E-state index contributed by atoms with van der Waals surface area (Å²) in [5.41, 5.74) is 5.48. The number of amides is 1. The number of hydrogen-bond donors (Lipinski definition) is 3. The molecule has 0 bridgehead atoms. The molecule has 3 aromatic rings. The summed E-state index contributed by atoms with van der Waals surface area (Å²) in [6.45, 7) is 0. The molecule has 134 valence electrons. The van der Waals surface area contributed by atoms with E-state index in [9.17, 15) is 15.0 Å². The van der Waals surface area contributed by atoms with Crippen LogP contribution in [0.3, 0.4) is 0 Å². The van der Waals surface area contributed by atoms with Gasteiger partial charge in [-0.2, -0.15) is 4.68 Å². The van der Waals surface area contributed by atoms with Crippen LogP contribution in [-0.2, 0) is 0 Å². The average Bonchev–Trinajstić information content (AvgIpc) is 3.18. The summed E-state index contributed by atoms with van der Waals surface area (Å²) >= 11 is 6.44. The summed E-state index contributed by atoms with van der Waals surface area (Å²) in [6.07, 6.45) is 3.50. The fourth-order valence-electron chi connectivity index (χ4n) is 2.68. The number of nitrogens with zero attached hydrogens (tertiary/aromatic N) is 2. The number of hydrogen-bond acceptors (Lipinski definition) is 6. The summed E-state index contributed by atoms with van der Waals surface area (Å²) in [7, 11) is 0. The fourth-order valence-corrected chi connectivity index (χ4v) is 3.86. The lowest BCUT2D eigenvalue weighted by Gasteiger charge is -2.07. The van der Waals surface area contributed by atoms with Crippen LogP contribution in [0.4, 0.5) is 5.69 Å². The first-order chi connectivity index (χ1) is 13.0. The first-order valence-electron chi connectivity index (χ1n) is 7.93. The molecule has 0 aliphatic carbocycles. The van der Waals surface area contributed by atoms with Crippen LogP contribution in [0.2, 0.25) is 0 Å². The molecule has 0 saturated heterocycles. The monoisotopic (exact) mass is 395 g/mol. The third-order valence-electron chi connectivity index (χ3n) is 3.98. The lowest BCUT2D eigenvalue weighted by atomic mass is 10.1. The zero-order valence-electron chi connectivity index (χ0n) is 13.8. The Balaban J connectivity index is 1.65. The van der Waals surface area contributed by atoms with Crippen molar-refractivity contribution in [3.8, 4) is 11.6 Å². The molecule has 0 radical (unpaired) electrons. The van der Waals surface area contributed by atoms with Crippen molar-refractivity contribution >= 4 is 53.0 Å². The number of aliphatic imine (C=N–C) groups is 1. The van der Waals surface area contributed by atoms with Crippen LogP contribution in [0, 0.1) is 3.95 Å². The van der Waals surface area contributed by atoms with E-state index < -0.39 is 5.91 Å². The van der Waals surface area contributed by atoms with E-state index in [0.29, 0.717) is 4.88 Å². The van der Waals surface area contributed by atoms with Gasteiger partial charge in [0.15, 0.2) is 3.95 Å². The van der Waals surface area contributed by atoms with Crippen LogP contribution in [0.5, 0.6) is 11.6 Å². The fraction of sp³-hybridized carbons (Fsp3) is 0. The van der Waals surface area contributed by atoms with Crippen molar-refractivity contribution in [3.63, 3.8) is 0 Å². The molecule has 0 spiro atoms. The Morgan fingerprint density at radius 2 is 2.00 bits per heavy atom. The lowest BCUT2D eigenvalue weighted by molar-refractivity contribution is 0.100. The van der Waals surface area contributed by atoms with Gasteiger partial charge in [0.1, 0.15) is 5.75 Å². The normalized spacial score (nSPS) is 13.7. The largest absolute Gasteiger partial charge is 0.508 e. The number of fused-ring (bicyclic) bond motifs is 1. The maximum atomic E-state index is 12.4. The molecule has 8 heteroatoms. The zero-order valence-corrected chi connectivity index (χ0v) is 15.4. The first kappa shape index (κ1) is 17.2. The molecule has 1 aromatic heterocycles. The van der Waals surface area contributed by atoms with Gasteiger partial charge in [-0.25, -0.2) is 0 Å². The summed E-state index contributed by atoms with van der Waals surface area (Å²) in [5.74, 6) is -0.684. The van der Waals surface area contributed by atoms with Crippen molar-refractivity contribution in [2.75, 3.05) is 5.43 Å². The van der Waals surface area contributed by atoms with Crippen molar-refractivity contribution in [1.82, 2.24) is 4.68 Å². The van der Waals surface area contributed by atoms with Crippen molar-refractivity contribution in [2.45, 2.75) is 0 Å². The van der Waals surface area contributed by atoms with Crippen LogP contribution in [-0.4, -0.2) is 27.0 Å². The third-order valence-corrected chi connectivity index (χ3v) is 5.29. The van der Waals surface area contributed by atoms with Crippen LogP contribution in [0.15, 0.2) is 53.5 Å². The van der Waals surface area contributed by atoms with E-state index in [2.05, 4.69) is 10.4 Å². The second-order valence-electron chi connectivity index (χ2n) is 5.76. The number of benzene rings is 2. The maximum Gasteiger partial charge on any atom is 0.270 e. The maximum absolute atomic E-state index is 12.4. The Morgan fingerprint density at radius 1 is 1.19 bits per heavy atom. The van der Waals surface area contributed by atoms with Crippen molar-refractivity contribution in [3.05, 3.63) is 68.5 Å². The Hall–Kier alpha value is -3.23. The van der Waals surface area contributed by atoms with Crippen LogP contribution < -0.4 is 5.43 Å². The standard InChI is InChI=1S/C19H13N3O3S2/c23-13-5-3-4-11(8-13)17(24)21-22-18(25)16(27-19(22)26)9-12-10-20-15-7-2-1-6-14(12)15/h1-10,23,25H,(H,21,24)/b12-9+. The average molecular weight is 395 g/mol. The third kappa shape index (κ3) is 3.27. The molecule has 0 unspecified atom stereocenters. The molecule has 2 heterocycles. The number of thiazole rings is 1. The highest BCUT2D eigenvalue weighted by atomic mass is 32.1. The Labute approximate surface area is 163 Å². The lowest BCUT2D eigenvalue weighted by Crippen LogP contribution is -2.22. The van der Waals surface area contributed by atoms with Crippen LogP contribution >= 0.6 is 23.6 Å². The van der Waals surface area contributed by atoms with Gasteiger partial charge in [-0.15, -0.1) is 0 Å². The molecule has 0 saturated carbocycles. The smallest absolute Gasteiger partial charge is 0.270 e. The van der Waals surface area contributed by atoms with E-state index >= 15 is 0 Å². The minimum absolute atomic E-state index is 0.0228. The summed E-state index contributed by atoms with van der Waals surface area (Å²) in [4.78, 5) is 17.2. The van der Waals surface area contributed by atoms with Gasteiger partial charge in [0.05, 0.1) is 10.6 Å². The summed E-state index contributed by atoms with van der Waals surface area (Å²) in [6, 6.07) is 13.6. The molecular formula is C19H13N3O3S2. The van der Waals surface area contributed by atoms with Crippen LogP contribution in [0.25, 0.3) is 11.6 Å². The molecule has 1 amide bonds. The number of allylic oxidation sites excluding steroid dienone is 1. The molecular weight excluding hydrogens is 382 g/mol. The topological polar surface area (TPSA) is 86.9 Å². The molecule has 4 rings (SSSR count). The zero-order chi connectivity index (χ0) is 19.0. The molecule has 27 heavy (non-hydrogen) atoms. The molecule has 3 N–H and O–H groups in total. The van der Waals surface area contributed by atoms with E-state index in [1.807, 2.05) is 24.3 Å². The number of aromatic hydroxyl groups is 2. The number of rotatable bonds is 3. The second-order valence-corrected chi connectivity index (χ2v) is 7.43. The van der Waals surface area contributed by atoms with Crippen molar-refractivity contribution in [2.24, 2.45) is 4.99 Å². The summed E-state index contributed by atoms with van der Waals surface area (Å²) < 4.78 is 1.44. The van der Waals surface area contributed by atoms with Crippen molar-refractivity contribution in [1.29, 1.82) is 0 Å². The number of para-hydroxylation sites is 1. The molecule has 2 aromatic carbocycles. The number of aromatic nitrogens is 1. The Morgan fingerprint density at radius 3 is 2.81 bits per heavy atom. The van der Waals surface area contributed by atoms with E-state index in [0.717, 1.165) is 21.5 Å². The quantitative estimate of drug-likeness (QED) is 0.576. The van der Waals surface area contributed by atoms with Gasteiger partial charge in [-0.3, -0.25) is 15.2 Å². The summed E-state index contributed by atoms with van der Waals surface area (Å²) in [5, 5.41) is 20.0. The predicted octanol–water partition coefficient (Wildman–Crippen LogP) is 4.33. The van der Waals surface area contributed by atoms with E-state index in [4.69, 9.17) is 12.2 Å².